The highest BCUT2D eigenvalue weighted by atomic mass is 79.9. The lowest BCUT2D eigenvalue weighted by Gasteiger charge is -2.11. The molecule has 0 atom stereocenters. The number of nitrogens with one attached hydrogen (secondary N) is 1. The Bertz CT molecular complexity index is 674. The molecule has 0 radical (unpaired) electrons. The molecule has 0 fully saturated rings. The fourth-order valence-electron chi connectivity index (χ4n) is 1.98. The summed E-state index contributed by atoms with van der Waals surface area (Å²) in [5, 5.41) is 14.2. The molecule has 0 saturated carbocycles. The molecule has 0 aliphatic heterocycles. The van der Waals surface area contributed by atoms with Crippen molar-refractivity contribution in [2.75, 3.05) is 7.05 Å². The number of rotatable bonds is 5. The van der Waals surface area contributed by atoms with E-state index in [2.05, 4.69) is 21.2 Å². The average molecular weight is 351 g/mol. The molecule has 2 aromatic carbocycles. The largest absolute Gasteiger partial charge is 0.449 e. The topological polar surface area (TPSA) is 64.4 Å². The van der Waals surface area contributed by atoms with Gasteiger partial charge in [0.05, 0.1) is 9.40 Å². The van der Waals surface area contributed by atoms with Crippen molar-refractivity contribution in [2.24, 2.45) is 0 Å². The molecule has 0 aromatic heterocycles. The Morgan fingerprint density at radius 3 is 2.71 bits per heavy atom. The van der Waals surface area contributed by atoms with Gasteiger partial charge in [0.2, 0.25) is 5.75 Å². The first kappa shape index (κ1) is 15.5. The van der Waals surface area contributed by atoms with E-state index in [0.29, 0.717) is 10.2 Å². The average Bonchev–Trinajstić information content (AvgIpc) is 2.44. The van der Waals surface area contributed by atoms with Gasteiger partial charge in [0.25, 0.3) is 0 Å². The molecule has 0 heterocycles. The van der Waals surface area contributed by atoms with Gasteiger partial charge < -0.3 is 10.1 Å². The van der Waals surface area contributed by atoms with Gasteiger partial charge in [0, 0.05) is 12.6 Å². The third-order valence-electron chi connectivity index (χ3n) is 3.04. The van der Waals surface area contributed by atoms with E-state index < -0.39 is 4.92 Å². The summed E-state index contributed by atoms with van der Waals surface area (Å²) in [6.45, 7) is 2.75. The molecular weight excluding hydrogens is 336 g/mol. The van der Waals surface area contributed by atoms with Crippen molar-refractivity contribution in [3.8, 4) is 11.5 Å². The molecule has 21 heavy (non-hydrogen) atoms. The second-order valence-electron chi connectivity index (χ2n) is 4.57. The Morgan fingerprint density at radius 1 is 1.33 bits per heavy atom. The monoisotopic (exact) mass is 350 g/mol. The van der Waals surface area contributed by atoms with Crippen LogP contribution in [0.25, 0.3) is 0 Å². The second-order valence-corrected chi connectivity index (χ2v) is 5.42. The first-order valence-corrected chi connectivity index (χ1v) is 7.17. The van der Waals surface area contributed by atoms with E-state index in [9.17, 15) is 10.1 Å². The summed E-state index contributed by atoms with van der Waals surface area (Å²) in [5.74, 6) is 0.783. The van der Waals surface area contributed by atoms with E-state index in [0.717, 1.165) is 17.7 Å². The fraction of sp³-hybridized carbons (Fsp3) is 0.200. The van der Waals surface area contributed by atoms with Crippen LogP contribution in [0.3, 0.4) is 0 Å². The van der Waals surface area contributed by atoms with Gasteiger partial charge in [-0.1, -0.05) is 12.1 Å². The minimum absolute atomic E-state index is 0.0682. The minimum Gasteiger partial charge on any atom is -0.449 e. The fourth-order valence-corrected chi connectivity index (χ4v) is 2.42. The summed E-state index contributed by atoms with van der Waals surface area (Å²) >= 11 is 3.29. The van der Waals surface area contributed by atoms with Crippen molar-refractivity contribution in [1.29, 1.82) is 0 Å². The molecule has 1 N–H and O–H groups in total. The van der Waals surface area contributed by atoms with Crippen LogP contribution in [0.2, 0.25) is 0 Å². The lowest BCUT2D eigenvalue weighted by molar-refractivity contribution is -0.385. The van der Waals surface area contributed by atoms with E-state index in [1.165, 1.54) is 6.07 Å². The third-order valence-corrected chi connectivity index (χ3v) is 3.67. The molecule has 2 aromatic rings. The van der Waals surface area contributed by atoms with Crippen LogP contribution in [0.4, 0.5) is 5.69 Å². The molecule has 0 bridgehead atoms. The van der Waals surface area contributed by atoms with E-state index in [4.69, 9.17) is 4.74 Å². The van der Waals surface area contributed by atoms with Gasteiger partial charge in [0.1, 0.15) is 5.75 Å². The number of nitrogens with zero attached hydrogens (tertiary/aromatic N) is 1. The quantitative estimate of drug-likeness (QED) is 0.648. The summed E-state index contributed by atoms with van der Waals surface area (Å²) in [6, 6.07) is 10.4. The summed E-state index contributed by atoms with van der Waals surface area (Å²) in [5.41, 5.74) is 2.16. The number of hydrogen-bond donors (Lipinski definition) is 1. The lowest BCUT2D eigenvalue weighted by Crippen LogP contribution is -2.06. The highest BCUT2D eigenvalue weighted by molar-refractivity contribution is 9.10. The van der Waals surface area contributed by atoms with Crippen LogP contribution in [0.15, 0.2) is 40.9 Å². The van der Waals surface area contributed by atoms with Gasteiger partial charge in [-0.25, -0.2) is 0 Å². The number of ether oxygens (including phenoxy) is 1. The molecular formula is C15H15BrN2O3. The van der Waals surface area contributed by atoms with Gasteiger partial charge in [0.15, 0.2) is 0 Å². The molecule has 0 spiro atoms. The molecule has 5 nitrogen and oxygen atoms in total. The number of hydrogen-bond acceptors (Lipinski definition) is 4. The van der Waals surface area contributed by atoms with Gasteiger partial charge in [-0.2, -0.15) is 0 Å². The minimum atomic E-state index is -0.456. The zero-order valence-corrected chi connectivity index (χ0v) is 13.3. The molecule has 0 aliphatic carbocycles. The second kappa shape index (κ2) is 6.69. The first-order chi connectivity index (χ1) is 10.0. The van der Waals surface area contributed by atoms with Crippen molar-refractivity contribution in [1.82, 2.24) is 5.32 Å². The van der Waals surface area contributed by atoms with Crippen LogP contribution >= 0.6 is 15.9 Å². The normalized spacial score (nSPS) is 10.4. The van der Waals surface area contributed by atoms with Gasteiger partial charge >= 0.3 is 5.69 Å². The van der Waals surface area contributed by atoms with Crippen LogP contribution in [0.5, 0.6) is 11.5 Å². The van der Waals surface area contributed by atoms with Crippen LogP contribution in [0, 0.1) is 17.0 Å². The standard InChI is InChI=1S/C15H15BrN2O3/c1-10-8-12(7-6-11(10)9-17-2)21-15-13(16)4-3-5-14(15)18(19)20/h3-8,17H,9H2,1-2H3. The highest BCUT2D eigenvalue weighted by Gasteiger charge is 2.18. The van der Waals surface area contributed by atoms with Crippen molar-refractivity contribution in [3.63, 3.8) is 0 Å². The predicted octanol–water partition coefficient (Wildman–Crippen LogP) is 4.18. The van der Waals surface area contributed by atoms with Gasteiger partial charge in [-0.05, 0) is 59.2 Å². The van der Waals surface area contributed by atoms with Crippen LogP contribution in [0.1, 0.15) is 11.1 Å². The van der Waals surface area contributed by atoms with Gasteiger partial charge in [-0.15, -0.1) is 0 Å². The molecule has 0 aliphatic rings. The Balaban J connectivity index is 2.34. The van der Waals surface area contributed by atoms with Crippen molar-refractivity contribution >= 4 is 21.6 Å². The SMILES string of the molecule is CNCc1ccc(Oc2c(Br)cccc2[N+](=O)[O-])cc1C. The van der Waals surface area contributed by atoms with E-state index >= 15 is 0 Å². The third kappa shape index (κ3) is 3.59. The predicted molar refractivity (Wildman–Crippen MR) is 84.8 cm³/mol. The van der Waals surface area contributed by atoms with E-state index in [1.54, 1.807) is 12.1 Å². The summed E-state index contributed by atoms with van der Waals surface area (Å²) in [7, 11) is 1.88. The summed E-state index contributed by atoms with van der Waals surface area (Å²) in [6.07, 6.45) is 0. The Morgan fingerprint density at radius 2 is 2.10 bits per heavy atom. The highest BCUT2D eigenvalue weighted by Crippen LogP contribution is 2.38. The Kier molecular flexibility index (Phi) is 4.93. The number of para-hydroxylation sites is 1. The zero-order valence-electron chi connectivity index (χ0n) is 11.7. The Labute approximate surface area is 131 Å². The summed E-state index contributed by atoms with van der Waals surface area (Å²) in [4.78, 5) is 10.6. The van der Waals surface area contributed by atoms with E-state index in [-0.39, 0.29) is 11.4 Å². The molecule has 2 rings (SSSR count). The number of halogens is 1. The van der Waals surface area contributed by atoms with Gasteiger partial charge in [-0.3, -0.25) is 10.1 Å². The first-order valence-electron chi connectivity index (χ1n) is 6.38. The maximum atomic E-state index is 11.1. The maximum Gasteiger partial charge on any atom is 0.312 e. The molecule has 0 saturated heterocycles. The maximum absolute atomic E-state index is 11.1. The molecule has 110 valence electrons. The van der Waals surface area contributed by atoms with E-state index in [1.807, 2.05) is 32.2 Å². The van der Waals surface area contributed by atoms with Crippen molar-refractivity contribution < 1.29 is 9.66 Å². The zero-order chi connectivity index (χ0) is 15.4. The Hall–Kier alpha value is -1.92. The number of benzene rings is 2. The van der Waals surface area contributed by atoms with Crippen molar-refractivity contribution in [3.05, 3.63) is 62.1 Å². The molecule has 0 unspecified atom stereocenters. The summed E-state index contributed by atoms with van der Waals surface area (Å²) < 4.78 is 6.26. The molecule has 0 amide bonds. The smallest absolute Gasteiger partial charge is 0.312 e. The van der Waals surface area contributed by atoms with Crippen LogP contribution in [-0.4, -0.2) is 12.0 Å². The van der Waals surface area contributed by atoms with Crippen LogP contribution in [-0.2, 0) is 6.54 Å². The van der Waals surface area contributed by atoms with Crippen molar-refractivity contribution in [2.45, 2.75) is 13.5 Å². The molecule has 6 heteroatoms. The number of nitro benzene ring substituents is 1. The number of aryl methyl sites for hydroxylation is 1. The number of nitro groups is 1. The van der Waals surface area contributed by atoms with Crippen LogP contribution < -0.4 is 10.1 Å². The lowest BCUT2D eigenvalue weighted by atomic mass is 10.1.